The highest BCUT2D eigenvalue weighted by Crippen LogP contribution is 2.15. The van der Waals surface area contributed by atoms with Gasteiger partial charge in [-0.25, -0.2) is 0 Å². The normalized spacial score (nSPS) is 13.6. The molecule has 0 aromatic heterocycles. The molecule has 0 saturated heterocycles. The third-order valence-corrected chi connectivity index (χ3v) is 3.01. The van der Waals surface area contributed by atoms with E-state index in [0.717, 1.165) is 38.1 Å². The monoisotopic (exact) mass is 233 g/mol. The van der Waals surface area contributed by atoms with Gasteiger partial charge in [0.2, 0.25) is 0 Å². The molecule has 0 radical (unpaired) electrons. The van der Waals surface area contributed by atoms with Gasteiger partial charge in [-0.15, -0.1) is 0 Å². The molecule has 1 aromatic carbocycles. The van der Waals surface area contributed by atoms with Gasteiger partial charge in [-0.1, -0.05) is 36.8 Å². The van der Waals surface area contributed by atoms with Crippen LogP contribution in [0.1, 0.15) is 24.8 Å². The van der Waals surface area contributed by atoms with E-state index in [1.54, 1.807) is 7.05 Å². The minimum atomic E-state index is 0.342. The molecule has 1 rings (SSSR count). The van der Waals surface area contributed by atoms with Crippen LogP contribution in [-0.4, -0.2) is 19.4 Å². The zero-order valence-corrected chi connectivity index (χ0v) is 10.6. The fourth-order valence-electron chi connectivity index (χ4n) is 1.97. The van der Waals surface area contributed by atoms with Gasteiger partial charge in [0.15, 0.2) is 0 Å². The van der Waals surface area contributed by atoms with Gasteiger partial charge in [0.1, 0.15) is 0 Å². The molecule has 0 spiro atoms. The van der Waals surface area contributed by atoms with Gasteiger partial charge in [-0.3, -0.25) is 4.99 Å². The van der Waals surface area contributed by atoms with E-state index in [1.807, 2.05) is 6.07 Å². The van der Waals surface area contributed by atoms with Crippen molar-refractivity contribution < 1.29 is 0 Å². The lowest BCUT2D eigenvalue weighted by Gasteiger charge is -2.16. The van der Waals surface area contributed by atoms with Crippen molar-refractivity contribution in [2.24, 2.45) is 22.4 Å². The van der Waals surface area contributed by atoms with Crippen LogP contribution in [0.5, 0.6) is 0 Å². The Morgan fingerprint density at radius 3 is 2.53 bits per heavy atom. The number of amidine groups is 1. The maximum Gasteiger partial charge on any atom is 0.0968 e. The third kappa shape index (κ3) is 5.00. The van der Waals surface area contributed by atoms with Crippen molar-refractivity contribution in [3.63, 3.8) is 0 Å². The summed E-state index contributed by atoms with van der Waals surface area (Å²) < 4.78 is 0. The summed E-state index contributed by atoms with van der Waals surface area (Å²) in [6.07, 6.45) is 4.20. The fourth-order valence-corrected chi connectivity index (χ4v) is 1.97. The van der Waals surface area contributed by atoms with Crippen LogP contribution in [-0.2, 0) is 6.42 Å². The number of hydrogen-bond acceptors (Lipinski definition) is 2. The molecule has 4 N–H and O–H groups in total. The number of rotatable bonds is 7. The maximum absolute atomic E-state index is 5.97. The van der Waals surface area contributed by atoms with Gasteiger partial charge in [-0.2, -0.15) is 0 Å². The van der Waals surface area contributed by atoms with Crippen molar-refractivity contribution in [1.29, 1.82) is 0 Å². The predicted octanol–water partition coefficient (Wildman–Crippen LogP) is 1.96. The van der Waals surface area contributed by atoms with Gasteiger partial charge >= 0.3 is 0 Å². The van der Waals surface area contributed by atoms with Crippen LogP contribution in [0.15, 0.2) is 35.3 Å². The topological polar surface area (TPSA) is 64.4 Å². The smallest absolute Gasteiger partial charge is 0.0968 e. The average molecular weight is 233 g/mol. The number of unbranched alkanes of at least 4 members (excludes halogenated alkanes) is 1. The zero-order chi connectivity index (χ0) is 12.5. The molecule has 0 saturated carbocycles. The summed E-state index contributed by atoms with van der Waals surface area (Å²) in [5.74, 6) is 1.10. The largest absolute Gasteiger partial charge is 0.387 e. The van der Waals surface area contributed by atoms with Crippen LogP contribution in [0, 0.1) is 5.92 Å². The molecule has 0 bridgehead atoms. The van der Waals surface area contributed by atoms with Crippen molar-refractivity contribution in [1.82, 2.24) is 0 Å². The molecule has 17 heavy (non-hydrogen) atoms. The minimum Gasteiger partial charge on any atom is -0.387 e. The SMILES string of the molecule is CN=C(N)C(CCCCN)Cc1ccccc1. The first-order chi connectivity index (χ1) is 8.27. The summed E-state index contributed by atoms with van der Waals surface area (Å²) in [5.41, 5.74) is 12.8. The summed E-state index contributed by atoms with van der Waals surface area (Å²) in [6, 6.07) is 10.4. The van der Waals surface area contributed by atoms with Crippen LogP contribution in [0.3, 0.4) is 0 Å². The van der Waals surface area contributed by atoms with Crippen molar-refractivity contribution in [2.45, 2.75) is 25.7 Å². The van der Waals surface area contributed by atoms with E-state index in [-0.39, 0.29) is 0 Å². The second kappa shape index (κ2) is 7.85. The van der Waals surface area contributed by atoms with Crippen LogP contribution in [0.25, 0.3) is 0 Å². The van der Waals surface area contributed by atoms with E-state index < -0.39 is 0 Å². The third-order valence-electron chi connectivity index (χ3n) is 3.01. The first-order valence-electron chi connectivity index (χ1n) is 6.24. The first-order valence-corrected chi connectivity index (χ1v) is 6.24. The summed E-state index contributed by atoms with van der Waals surface area (Å²) in [7, 11) is 1.76. The molecular weight excluding hydrogens is 210 g/mol. The summed E-state index contributed by atoms with van der Waals surface area (Å²) in [6.45, 7) is 0.751. The van der Waals surface area contributed by atoms with Crippen molar-refractivity contribution >= 4 is 5.84 Å². The van der Waals surface area contributed by atoms with E-state index in [2.05, 4.69) is 29.3 Å². The van der Waals surface area contributed by atoms with E-state index in [9.17, 15) is 0 Å². The molecule has 1 atom stereocenters. The van der Waals surface area contributed by atoms with E-state index >= 15 is 0 Å². The number of hydrogen-bond donors (Lipinski definition) is 2. The Morgan fingerprint density at radius 2 is 1.94 bits per heavy atom. The second-order valence-electron chi connectivity index (χ2n) is 4.32. The molecule has 1 aromatic rings. The second-order valence-corrected chi connectivity index (χ2v) is 4.32. The van der Waals surface area contributed by atoms with E-state index in [0.29, 0.717) is 5.92 Å². The maximum atomic E-state index is 5.97. The standard InChI is InChI=1S/C14H23N3/c1-17-14(16)13(9-5-6-10-15)11-12-7-3-2-4-8-12/h2-4,7-8,13H,5-6,9-11,15H2,1H3,(H2,16,17). The van der Waals surface area contributed by atoms with Crippen LogP contribution < -0.4 is 11.5 Å². The molecule has 0 fully saturated rings. The lowest BCUT2D eigenvalue weighted by atomic mass is 9.93. The highest BCUT2D eigenvalue weighted by atomic mass is 14.8. The summed E-state index contributed by atoms with van der Waals surface area (Å²) in [5, 5.41) is 0. The highest BCUT2D eigenvalue weighted by Gasteiger charge is 2.13. The van der Waals surface area contributed by atoms with Crippen LogP contribution in [0.2, 0.25) is 0 Å². The fraction of sp³-hybridized carbons (Fsp3) is 0.500. The average Bonchev–Trinajstić information content (AvgIpc) is 2.38. The lowest BCUT2D eigenvalue weighted by Crippen LogP contribution is -2.25. The molecule has 3 nitrogen and oxygen atoms in total. The number of nitrogens with zero attached hydrogens (tertiary/aromatic N) is 1. The molecule has 0 aliphatic rings. The molecule has 0 aliphatic carbocycles. The molecule has 1 unspecified atom stereocenters. The number of nitrogens with two attached hydrogens (primary N) is 2. The molecule has 3 heteroatoms. The first kappa shape index (κ1) is 13.7. The van der Waals surface area contributed by atoms with Gasteiger partial charge in [0.25, 0.3) is 0 Å². The highest BCUT2D eigenvalue weighted by molar-refractivity contribution is 5.82. The molecule has 94 valence electrons. The molecule has 0 amide bonds. The van der Waals surface area contributed by atoms with Crippen LogP contribution >= 0.6 is 0 Å². The Bertz CT molecular complexity index is 333. The van der Waals surface area contributed by atoms with Crippen molar-refractivity contribution in [2.75, 3.05) is 13.6 Å². The van der Waals surface area contributed by atoms with Gasteiger partial charge in [0, 0.05) is 13.0 Å². The van der Waals surface area contributed by atoms with Crippen LogP contribution in [0.4, 0.5) is 0 Å². The van der Waals surface area contributed by atoms with E-state index in [1.165, 1.54) is 5.56 Å². The van der Waals surface area contributed by atoms with Gasteiger partial charge in [0.05, 0.1) is 5.84 Å². The minimum absolute atomic E-state index is 0.342. The predicted molar refractivity (Wildman–Crippen MR) is 74.1 cm³/mol. The molecular formula is C14H23N3. The van der Waals surface area contributed by atoms with Crippen molar-refractivity contribution in [3.8, 4) is 0 Å². The Balaban J connectivity index is 2.58. The number of benzene rings is 1. The Morgan fingerprint density at radius 1 is 1.24 bits per heavy atom. The Labute approximate surface area is 104 Å². The van der Waals surface area contributed by atoms with E-state index in [4.69, 9.17) is 11.5 Å². The van der Waals surface area contributed by atoms with Crippen molar-refractivity contribution in [3.05, 3.63) is 35.9 Å². The quantitative estimate of drug-likeness (QED) is 0.429. The Hall–Kier alpha value is -1.35. The Kier molecular flexibility index (Phi) is 6.33. The summed E-state index contributed by atoms with van der Waals surface area (Å²) in [4.78, 5) is 4.13. The zero-order valence-electron chi connectivity index (χ0n) is 10.6. The van der Waals surface area contributed by atoms with Gasteiger partial charge < -0.3 is 11.5 Å². The molecule has 0 heterocycles. The number of aliphatic imine (C=N–C) groups is 1. The summed E-state index contributed by atoms with van der Waals surface area (Å²) >= 11 is 0. The lowest BCUT2D eigenvalue weighted by molar-refractivity contribution is 0.566. The molecule has 0 aliphatic heterocycles. The van der Waals surface area contributed by atoms with Gasteiger partial charge in [-0.05, 0) is 31.4 Å².